The van der Waals surface area contributed by atoms with Gasteiger partial charge >= 0.3 is 0 Å². The van der Waals surface area contributed by atoms with Gasteiger partial charge in [-0.3, -0.25) is 0 Å². The van der Waals surface area contributed by atoms with Crippen LogP contribution in [0.5, 0.6) is 0 Å². The van der Waals surface area contributed by atoms with Crippen molar-refractivity contribution in [3.8, 4) is 0 Å². The van der Waals surface area contributed by atoms with Gasteiger partial charge in [-0.1, -0.05) is 13.8 Å². The number of aliphatic hydroxyl groups excluding tert-OH is 1. The van der Waals surface area contributed by atoms with Crippen molar-refractivity contribution in [1.29, 1.82) is 0 Å². The fourth-order valence-corrected chi connectivity index (χ4v) is 5.86. The molecule has 0 radical (unpaired) electrons. The van der Waals surface area contributed by atoms with Crippen LogP contribution in [0, 0.1) is 11.3 Å². The van der Waals surface area contributed by atoms with E-state index in [1.165, 1.54) is 19.3 Å². The average molecular weight is 360 g/mol. The smallest absolute Gasteiger partial charge is 0.227 e. The first-order valence-corrected chi connectivity index (χ1v) is 10.2. The summed E-state index contributed by atoms with van der Waals surface area (Å²) in [5, 5.41) is 14.2. The normalized spacial score (nSPS) is 35.1. The van der Waals surface area contributed by atoms with Gasteiger partial charge in [-0.05, 0) is 51.1 Å². The Bertz CT molecular complexity index is 628. The molecule has 6 heteroatoms. The molecule has 1 aromatic heterocycles. The lowest BCUT2D eigenvalue weighted by atomic mass is 9.66. The van der Waals surface area contributed by atoms with Crippen LogP contribution in [0.25, 0.3) is 0 Å². The van der Waals surface area contributed by atoms with Gasteiger partial charge in [0, 0.05) is 37.3 Å². The van der Waals surface area contributed by atoms with Crippen molar-refractivity contribution in [3.63, 3.8) is 0 Å². The molecule has 1 spiro atoms. The van der Waals surface area contributed by atoms with Gasteiger partial charge in [0.05, 0.1) is 12.1 Å². The highest BCUT2D eigenvalue weighted by Gasteiger charge is 2.58. The lowest BCUT2D eigenvalue weighted by molar-refractivity contribution is -0.0825. The number of nitrogens with one attached hydrogen (secondary N) is 1. The molecule has 2 aliphatic heterocycles. The van der Waals surface area contributed by atoms with Crippen molar-refractivity contribution < 1.29 is 5.11 Å². The van der Waals surface area contributed by atoms with Gasteiger partial charge in [-0.25, -0.2) is 4.98 Å². The molecule has 4 rings (SSSR count). The number of piperidine rings is 1. The Morgan fingerprint density at radius 3 is 2.69 bits per heavy atom. The number of hydrogen-bond donors (Lipinski definition) is 2. The molecular weight excluding hydrogens is 326 g/mol. The summed E-state index contributed by atoms with van der Waals surface area (Å²) in [6.07, 6.45) is 7.18. The van der Waals surface area contributed by atoms with Crippen LogP contribution < -0.4 is 10.2 Å². The Morgan fingerprint density at radius 1 is 1.23 bits per heavy atom. The Labute approximate surface area is 157 Å². The summed E-state index contributed by atoms with van der Waals surface area (Å²) < 4.78 is 0. The maximum atomic E-state index is 10.7. The van der Waals surface area contributed by atoms with E-state index in [0.29, 0.717) is 12.0 Å². The van der Waals surface area contributed by atoms with E-state index in [1.807, 2.05) is 12.3 Å². The summed E-state index contributed by atoms with van der Waals surface area (Å²) in [5.74, 6) is 2.28. The SMILES string of the molecule is CC(C)C1N(C)CC12C[C@@H](O)[C@H](Nc1ccnc(N3CCCCC3)n1)C2. The van der Waals surface area contributed by atoms with E-state index in [2.05, 4.69) is 41.0 Å². The summed E-state index contributed by atoms with van der Waals surface area (Å²) in [7, 11) is 2.21. The molecule has 0 aromatic carbocycles. The molecule has 3 heterocycles. The predicted octanol–water partition coefficient (Wildman–Crippen LogP) is 2.36. The number of rotatable bonds is 4. The molecular formula is C20H33N5O. The zero-order valence-electron chi connectivity index (χ0n) is 16.4. The highest BCUT2D eigenvalue weighted by molar-refractivity contribution is 5.43. The highest BCUT2D eigenvalue weighted by atomic mass is 16.3. The van der Waals surface area contributed by atoms with Gasteiger partial charge in [-0.2, -0.15) is 4.98 Å². The Morgan fingerprint density at radius 2 is 2.00 bits per heavy atom. The molecule has 3 aliphatic rings. The molecule has 144 valence electrons. The third kappa shape index (κ3) is 3.18. The van der Waals surface area contributed by atoms with Crippen LogP contribution >= 0.6 is 0 Å². The number of likely N-dealkylation sites (tertiary alicyclic amines) is 1. The minimum atomic E-state index is -0.307. The Hall–Kier alpha value is -1.40. The lowest BCUT2D eigenvalue weighted by Gasteiger charge is -2.57. The van der Waals surface area contributed by atoms with Crippen LogP contribution in [0.3, 0.4) is 0 Å². The van der Waals surface area contributed by atoms with E-state index in [4.69, 9.17) is 4.98 Å². The molecule has 6 nitrogen and oxygen atoms in total. The van der Waals surface area contributed by atoms with Crippen molar-refractivity contribution >= 4 is 11.8 Å². The fourth-order valence-electron chi connectivity index (χ4n) is 5.86. The number of hydrogen-bond acceptors (Lipinski definition) is 6. The van der Waals surface area contributed by atoms with Crippen LogP contribution in [-0.4, -0.2) is 64.8 Å². The molecule has 2 saturated heterocycles. The van der Waals surface area contributed by atoms with Crippen molar-refractivity contribution in [2.75, 3.05) is 36.9 Å². The number of anilines is 2. The highest BCUT2D eigenvalue weighted by Crippen LogP contribution is 2.52. The first-order chi connectivity index (χ1) is 12.5. The molecule has 0 amide bonds. The van der Waals surface area contributed by atoms with Gasteiger partial charge in [0.15, 0.2) is 0 Å². The third-order valence-corrected chi connectivity index (χ3v) is 6.62. The second kappa shape index (κ2) is 6.97. The summed E-state index contributed by atoms with van der Waals surface area (Å²) in [4.78, 5) is 13.9. The number of aromatic nitrogens is 2. The summed E-state index contributed by atoms with van der Waals surface area (Å²) >= 11 is 0. The number of nitrogens with zero attached hydrogens (tertiary/aromatic N) is 4. The molecule has 4 atom stereocenters. The molecule has 1 aliphatic carbocycles. The molecule has 2 unspecified atom stereocenters. The van der Waals surface area contributed by atoms with Crippen LogP contribution in [0.2, 0.25) is 0 Å². The van der Waals surface area contributed by atoms with E-state index >= 15 is 0 Å². The summed E-state index contributed by atoms with van der Waals surface area (Å²) in [5.41, 5.74) is 0.253. The molecule has 0 bridgehead atoms. The first-order valence-electron chi connectivity index (χ1n) is 10.2. The lowest BCUT2D eigenvalue weighted by Crippen LogP contribution is -2.64. The first kappa shape index (κ1) is 18.0. The van der Waals surface area contributed by atoms with Crippen LogP contribution in [0.4, 0.5) is 11.8 Å². The van der Waals surface area contributed by atoms with Gasteiger partial charge in [0.2, 0.25) is 5.95 Å². The number of aliphatic hydroxyl groups is 1. The van der Waals surface area contributed by atoms with E-state index in [0.717, 1.165) is 44.2 Å². The predicted molar refractivity (Wildman–Crippen MR) is 104 cm³/mol. The topological polar surface area (TPSA) is 64.5 Å². The summed E-state index contributed by atoms with van der Waals surface area (Å²) in [6.45, 7) is 7.77. The molecule has 3 fully saturated rings. The van der Waals surface area contributed by atoms with Crippen LogP contribution in [-0.2, 0) is 0 Å². The maximum absolute atomic E-state index is 10.7. The van der Waals surface area contributed by atoms with E-state index in [9.17, 15) is 5.11 Å². The quantitative estimate of drug-likeness (QED) is 0.860. The van der Waals surface area contributed by atoms with E-state index < -0.39 is 0 Å². The molecule has 2 N–H and O–H groups in total. The average Bonchev–Trinajstić information content (AvgIpc) is 2.92. The molecule has 1 saturated carbocycles. The molecule has 1 aromatic rings. The zero-order chi connectivity index (χ0) is 18.3. The minimum Gasteiger partial charge on any atom is -0.391 e. The second-order valence-electron chi connectivity index (χ2n) is 8.98. The van der Waals surface area contributed by atoms with Crippen molar-refractivity contribution in [2.24, 2.45) is 11.3 Å². The Balaban J connectivity index is 1.44. The summed E-state index contributed by atoms with van der Waals surface area (Å²) in [6, 6.07) is 2.57. The monoisotopic (exact) mass is 359 g/mol. The van der Waals surface area contributed by atoms with E-state index in [1.54, 1.807) is 0 Å². The zero-order valence-corrected chi connectivity index (χ0v) is 16.4. The Kier molecular flexibility index (Phi) is 4.82. The maximum Gasteiger partial charge on any atom is 0.227 e. The van der Waals surface area contributed by atoms with Crippen molar-refractivity contribution in [3.05, 3.63) is 12.3 Å². The van der Waals surface area contributed by atoms with Crippen molar-refractivity contribution in [2.45, 2.75) is 64.1 Å². The second-order valence-corrected chi connectivity index (χ2v) is 8.98. The van der Waals surface area contributed by atoms with Gasteiger partial charge in [0.25, 0.3) is 0 Å². The third-order valence-electron chi connectivity index (χ3n) is 6.62. The van der Waals surface area contributed by atoms with Gasteiger partial charge in [-0.15, -0.1) is 0 Å². The largest absolute Gasteiger partial charge is 0.391 e. The van der Waals surface area contributed by atoms with Crippen molar-refractivity contribution in [1.82, 2.24) is 14.9 Å². The van der Waals surface area contributed by atoms with Crippen LogP contribution in [0.15, 0.2) is 12.3 Å². The standard InChI is InChI=1S/C20H33N5O/c1-14(2)18-20(13-24(18)3)11-15(16(26)12-20)22-17-7-8-21-19(23-17)25-9-5-4-6-10-25/h7-8,14-16,18,26H,4-6,9-13H2,1-3H3,(H,21,22,23)/t15-,16-,18?,20?/m1/s1. The fraction of sp³-hybridized carbons (Fsp3) is 0.800. The van der Waals surface area contributed by atoms with Gasteiger partial charge < -0.3 is 20.2 Å². The molecule has 26 heavy (non-hydrogen) atoms. The minimum absolute atomic E-state index is 0.0778. The van der Waals surface area contributed by atoms with Gasteiger partial charge in [0.1, 0.15) is 5.82 Å². The van der Waals surface area contributed by atoms with Crippen LogP contribution in [0.1, 0.15) is 46.0 Å². The van der Waals surface area contributed by atoms with E-state index in [-0.39, 0.29) is 17.6 Å².